The van der Waals surface area contributed by atoms with Crippen molar-refractivity contribution >= 4 is 11.5 Å². The number of Topliss-reactive ketones (excluding diaryl/α,β-unsaturated/α-hetero) is 1. The third-order valence-corrected chi connectivity index (χ3v) is 5.11. The molecule has 1 aliphatic carbocycles. The van der Waals surface area contributed by atoms with Crippen LogP contribution in [-0.4, -0.2) is 19.9 Å². The summed E-state index contributed by atoms with van der Waals surface area (Å²) in [6, 6.07) is 8.16. The fourth-order valence-corrected chi connectivity index (χ4v) is 4.07. The Kier molecular flexibility index (Phi) is 3.39. The molecule has 1 aromatic carbocycles. The molecule has 1 aliphatic heterocycles. The van der Waals surface area contributed by atoms with Crippen molar-refractivity contribution in [3.63, 3.8) is 0 Å². The maximum atomic E-state index is 13.3. The molecule has 116 valence electrons. The number of hydrogen-bond donors (Lipinski definition) is 0. The lowest BCUT2D eigenvalue weighted by molar-refractivity contribution is -0.119. The second-order valence-corrected chi connectivity index (χ2v) is 6.08. The number of ether oxygens (including phenoxy) is 1. The first kappa shape index (κ1) is 14.9. The van der Waals surface area contributed by atoms with E-state index in [9.17, 15) is 4.79 Å². The molecular formula is C19H23NO2. The zero-order valence-corrected chi connectivity index (χ0v) is 14.0. The highest BCUT2D eigenvalue weighted by Crippen LogP contribution is 2.53. The van der Waals surface area contributed by atoms with E-state index in [1.54, 1.807) is 7.11 Å². The third kappa shape index (κ3) is 1.59. The van der Waals surface area contributed by atoms with Crippen molar-refractivity contribution in [2.24, 2.45) is 0 Å². The Morgan fingerprint density at radius 3 is 2.36 bits per heavy atom. The average molecular weight is 297 g/mol. The number of rotatable bonds is 3. The lowest BCUT2D eigenvalue weighted by atomic mass is 9.69. The van der Waals surface area contributed by atoms with Crippen molar-refractivity contribution in [1.82, 2.24) is 0 Å². The molecule has 1 atom stereocenters. The van der Waals surface area contributed by atoms with Crippen molar-refractivity contribution < 1.29 is 9.53 Å². The molecular weight excluding hydrogens is 274 g/mol. The largest absolute Gasteiger partial charge is 0.495 e. The number of para-hydroxylation sites is 1. The highest BCUT2D eigenvalue weighted by atomic mass is 16.5. The van der Waals surface area contributed by atoms with Gasteiger partial charge in [-0.25, -0.2) is 0 Å². The van der Waals surface area contributed by atoms with Crippen molar-refractivity contribution in [2.45, 2.75) is 39.0 Å². The summed E-state index contributed by atoms with van der Waals surface area (Å²) in [4.78, 5) is 15.4. The van der Waals surface area contributed by atoms with Crippen LogP contribution in [0.5, 0.6) is 0 Å². The normalized spacial score (nSPS) is 23.9. The van der Waals surface area contributed by atoms with Crippen LogP contribution < -0.4 is 4.90 Å². The summed E-state index contributed by atoms with van der Waals surface area (Å²) in [6.07, 6.45) is 1.55. The van der Waals surface area contributed by atoms with Crippen LogP contribution >= 0.6 is 0 Å². The molecule has 2 aliphatic rings. The Labute approximate surface area is 132 Å². The van der Waals surface area contributed by atoms with Crippen molar-refractivity contribution in [1.29, 1.82) is 0 Å². The molecule has 0 bridgehead atoms. The molecule has 3 nitrogen and oxygen atoms in total. The van der Waals surface area contributed by atoms with E-state index in [0.29, 0.717) is 0 Å². The van der Waals surface area contributed by atoms with Crippen LogP contribution in [0.25, 0.3) is 0 Å². The predicted molar refractivity (Wildman–Crippen MR) is 88.8 cm³/mol. The molecule has 0 amide bonds. The summed E-state index contributed by atoms with van der Waals surface area (Å²) >= 11 is 0. The number of nitrogens with zero attached hydrogens (tertiary/aromatic N) is 1. The summed E-state index contributed by atoms with van der Waals surface area (Å²) in [5, 5.41) is 0. The first-order chi connectivity index (χ1) is 10.5. The summed E-state index contributed by atoms with van der Waals surface area (Å²) < 4.78 is 5.78. The summed E-state index contributed by atoms with van der Waals surface area (Å²) in [5.41, 5.74) is 4.48. The van der Waals surface area contributed by atoms with Crippen LogP contribution in [0.3, 0.4) is 0 Å². The molecule has 0 radical (unpaired) electrons. The van der Waals surface area contributed by atoms with E-state index >= 15 is 0 Å². The zero-order valence-electron chi connectivity index (χ0n) is 14.0. The van der Waals surface area contributed by atoms with Crippen LogP contribution in [-0.2, 0) is 14.9 Å². The van der Waals surface area contributed by atoms with E-state index in [2.05, 4.69) is 30.9 Å². The van der Waals surface area contributed by atoms with E-state index in [4.69, 9.17) is 4.74 Å². The fraction of sp³-hybridized carbons (Fsp3) is 0.421. The van der Waals surface area contributed by atoms with Crippen LogP contribution in [0.1, 0.15) is 39.2 Å². The Hall–Kier alpha value is -2.03. The minimum absolute atomic E-state index is 0.222. The van der Waals surface area contributed by atoms with Crippen molar-refractivity contribution in [2.75, 3.05) is 19.1 Å². The second-order valence-electron chi connectivity index (χ2n) is 6.08. The number of benzene rings is 1. The highest BCUT2D eigenvalue weighted by molar-refractivity contribution is 6.11. The van der Waals surface area contributed by atoms with Crippen LogP contribution in [0.4, 0.5) is 5.69 Å². The molecule has 0 saturated heterocycles. The van der Waals surface area contributed by atoms with Gasteiger partial charge in [0.05, 0.1) is 12.8 Å². The average Bonchev–Trinajstić information content (AvgIpc) is 2.78. The van der Waals surface area contributed by atoms with Gasteiger partial charge in [0.15, 0.2) is 5.78 Å². The van der Waals surface area contributed by atoms with Crippen molar-refractivity contribution in [3.8, 4) is 0 Å². The number of anilines is 1. The maximum Gasteiger partial charge on any atom is 0.175 e. The molecule has 1 aromatic rings. The Bertz CT molecular complexity index is 714. The summed E-state index contributed by atoms with van der Waals surface area (Å²) in [7, 11) is 3.73. The van der Waals surface area contributed by atoms with Gasteiger partial charge in [0.25, 0.3) is 0 Å². The van der Waals surface area contributed by atoms with Crippen LogP contribution in [0.2, 0.25) is 0 Å². The summed E-state index contributed by atoms with van der Waals surface area (Å²) in [5.74, 6) is 1.10. The third-order valence-electron chi connectivity index (χ3n) is 5.11. The van der Waals surface area contributed by atoms with Gasteiger partial charge in [-0.2, -0.15) is 0 Å². The highest BCUT2D eigenvalue weighted by Gasteiger charge is 2.53. The predicted octanol–water partition coefficient (Wildman–Crippen LogP) is 3.95. The number of allylic oxidation sites excluding steroid dienone is 3. The lowest BCUT2D eigenvalue weighted by Gasteiger charge is -2.35. The Morgan fingerprint density at radius 2 is 1.77 bits per heavy atom. The van der Waals surface area contributed by atoms with E-state index in [1.807, 2.05) is 26.1 Å². The molecule has 0 N–H and O–H groups in total. The van der Waals surface area contributed by atoms with E-state index in [0.717, 1.165) is 46.7 Å². The number of hydrogen-bond acceptors (Lipinski definition) is 3. The minimum atomic E-state index is -0.638. The summed E-state index contributed by atoms with van der Waals surface area (Å²) in [6.45, 7) is 6.17. The maximum absolute atomic E-state index is 13.3. The van der Waals surface area contributed by atoms with Gasteiger partial charge in [-0.05, 0) is 31.4 Å². The van der Waals surface area contributed by atoms with Gasteiger partial charge < -0.3 is 9.64 Å². The number of likely N-dealkylation sites (N-methyl/N-ethyl adjacent to an activating group) is 1. The molecule has 0 unspecified atom stereocenters. The minimum Gasteiger partial charge on any atom is -0.495 e. The quantitative estimate of drug-likeness (QED) is 0.846. The van der Waals surface area contributed by atoms with Gasteiger partial charge in [0.1, 0.15) is 11.2 Å². The molecule has 0 spiro atoms. The molecule has 3 heteroatoms. The van der Waals surface area contributed by atoms with Gasteiger partial charge in [-0.1, -0.05) is 32.0 Å². The SMILES string of the molecule is CCC1=C(CC)C(OC)=C2N(C)c3ccccc3[C@]2(C)C1=O. The molecule has 1 heterocycles. The second kappa shape index (κ2) is 5.01. The van der Waals surface area contributed by atoms with Crippen molar-refractivity contribution in [3.05, 3.63) is 52.4 Å². The number of carbonyl (C=O) groups excluding carboxylic acids is 1. The topological polar surface area (TPSA) is 29.5 Å². The standard InChI is InChI=1S/C19H23NO2/c1-6-12-13(7-2)18(21)19(3)14-10-8-9-11-15(14)20(4)17(19)16(12)22-5/h8-11H,6-7H2,1-5H3/t19-/m0/s1. The molecule has 3 rings (SSSR count). The van der Waals surface area contributed by atoms with Gasteiger partial charge in [-0.15, -0.1) is 0 Å². The van der Waals surface area contributed by atoms with Gasteiger partial charge >= 0.3 is 0 Å². The fourth-order valence-electron chi connectivity index (χ4n) is 4.07. The van der Waals surface area contributed by atoms with Crippen LogP contribution in [0, 0.1) is 0 Å². The molecule has 0 fully saturated rings. The first-order valence-corrected chi connectivity index (χ1v) is 7.91. The Balaban J connectivity index is 2.38. The number of methoxy groups -OCH3 is 1. The van der Waals surface area contributed by atoms with Gasteiger partial charge in [0.2, 0.25) is 0 Å². The molecule has 22 heavy (non-hydrogen) atoms. The molecule has 0 aromatic heterocycles. The van der Waals surface area contributed by atoms with Gasteiger partial charge in [-0.3, -0.25) is 4.79 Å². The van der Waals surface area contributed by atoms with E-state index in [-0.39, 0.29) is 5.78 Å². The van der Waals surface area contributed by atoms with E-state index in [1.165, 1.54) is 0 Å². The monoisotopic (exact) mass is 297 g/mol. The molecule has 0 saturated carbocycles. The Morgan fingerprint density at radius 1 is 1.14 bits per heavy atom. The van der Waals surface area contributed by atoms with Crippen LogP contribution in [0.15, 0.2) is 46.9 Å². The number of ketones is 1. The number of carbonyl (C=O) groups is 1. The smallest absolute Gasteiger partial charge is 0.175 e. The number of fused-ring (bicyclic) bond motifs is 3. The van der Waals surface area contributed by atoms with Gasteiger partial charge in [0, 0.05) is 23.9 Å². The zero-order chi connectivity index (χ0) is 16.1. The lowest BCUT2D eigenvalue weighted by Crippen LogP contribution is -2.41. The van der Waals surface area contributed by atoms with E-state index < -0.39 is 5.41 Å². The first-order valence-electron chi connectivity index (χ1n) is 7.91.